The van der Waals surface area contributed by atoms with Crippen LogP contribution in [0, 0.1) is 6.92 Å². The SMILES string of the molecule is C=C/C=C\C=C\Cc1ccc(C)cc1. The van der Waals surface area contributed by atoms with Crippen molar-refractivity contribution < 1.29 is 0 Å². The van der Waals surface area contributed by atoms with Crippen molar-refractivity contribution >= 4 is 0 Å². The maximum atomic E-state index is 3.61. The highest BCUT2D eigenvalue weighted by molar-refractivity contribution is 5.23. The van der Waals surface area contributed by atoms with E-state index in [1.165, 1.54) is 11.1 Å². The first-order valence-corrected chi connectivity index (χ1v) is 4.82. The third kappa shape index (κ3) is 3.90. The predicted molar refractivity (Wildman–Crippen MR) is 63.4 cm³/mol. The summed E-state index contributed by atoms with van der Waals surface area (Å²) in [5.41, 5.74) is 2.66. The van der Waals surface area contributed by atoms with Gasteiger partial charge in [-0.2, -0.15) is 0 Å². The zero-order valence-corrected chi connectivity index (χ0v) is 8.61. The van der Waals surface area contributed by atoms with Gasteiger partial charge >= 0.3 is 0 Å². The highest BCUT2D eigenvalue weighted by Gasteiger charge is 1.87. The third-order valence-corrected chi connectivity index (χ3v) is 1.97. The second-order valence-electron chi connectivity index (χ2n) is 3.24. The monoisotopic (exact) mass is 184 g/mol. The van der Waals surface area contributed by atoms with Crippen LogP contribution in [0.25, 0.3) is 0 Å². The van der Waals surface area contributed by atoms with E-state index < -0.39 is 0 Å². The standard InChI is InChI=1S/C14H16/c1-3-4-5-6-7-8-14-11-9-13(2)10-12-14/h3-7,9-12H,1,8H2,2H3/b5-4-,7-6+. The Bertz CT molecular complexity index is 326. The molecule has 0 amide bonds. The average molecular weight is 184 g/mol. The van der Waals surface area contributed by atoms with Crippen molar-refractivity contribution in [2.45, 2.75) is 13.3 Å². The van der Waals surface area contributed by atoms with Crippen molar-refractivity contribution in [1.82, 2.24) is 0 Å². The lowest BCUT2D eigenvalue weighted by Crippen LogP contribution is -1.80. The number of benzene rings is 1. The molecule has 0 heterocycles. The summed E-state index contributed by atoms with van der Waals surface area (Å²) in [5, 5.41) is 0. The Hall–Kier alpha value is -1.56. The van der Waals surface area contributed by atoms with E-state index in [4.69, 9.17) is 0 Å². The summed E-state index contributed by atoms with van der Waals surface area (Å²) in [7, 11) is 0. The third-order valence-electron chi connectivity index (χ3n) is 1.97. The summed E-state index contributed by atoms with van der Waals surface area (Å²) in [6.07, 6.45) is 10.9. The molecule has 0 spiro atoms. The molecule has 0 bridgehead atoms. The Kier molecular flexibility index (Phi) is 4.49. The highest BCUT2D eigenvalue weighted by Crippen LogP contribution is 2.04. The summed E-state index contributed by atoms with van der Waals surface area (Å²) in [6.45, 7) is 5.71. The van der Waals surface area contributed by atoms with Gasteiger partial charge in [-0.25, -0.2) is 0 Å². The van der Waals surface area contributed by atoms with Crippen LogP contribution < -0.4 is 0 Å². The van der Waals surface area contributed by atoms with E-state index in [1.54, 1.807) is 6.08 Å². The van der Waals surface area contributed by atoms with Gasteiger partial charge in [-0.1, -0.05) is 66.8 Å². The molecule has 0 aliphatic carbocycles. The van der Waals surface area contributed by atoms with Crippen LogP contribution in [-0.4, -0.2) is 0 Å². The van der Waals surface area contributed by atoms with Gasteiger partial charge in [-0.05, 0) is 18.9 Å². The van der Waals surface area contributed by atoms with Gasteiger partial charge < -0.3 is 0 Å². The second-order valence-corrected chi connectivity index (χ2v) is 3.24. The molecule has 0 atom stereocenters. The molecule has 0 aromatic heterocycles. The smallest absolute Gasteiger partial charge is 0.00943 e. The van der Waals surface area contributed by atoms with Gasteiger partial charge in [-0.3, -0.25) is 0 Å². The van der Waals surface area contributed by atoms with Crippen molar-refractivity contribution in [3.05, 3.63) is 72.4 Å². The minimum atomic E-state index is 0.988. The Morgan fingerprint density at radius 2 is 1.79 bits per heavy atom. The number of allylic oxidation sites excluding steroid dienone is 5. The molecule has 0 radical (unpaired) electrons. The molecule has 0 aliphatic heterocycles. The van der Waals surface area contributed by atoms with Gasteiger partial charge in [0, 0.05) is 0 Å². The van der Waals surface area contributed by atoms with E-state index in [1.807, 2.05) is 18.2 Å². The van der Waals surface area contributed by atoms with E-state index >= 15 is 0 Å². The first kappa shape index (κ1) is 10.5. The molecule has 0 saturated carbocycles. The van der Waals surface area contributed by atoms with Crippen LogP contribution in [0.4, 0.5) is 0 Å². The molecular weight excluding hydrogens is 168 g/mol. The van der Waals surface area contributed by atoms with E-state index in [0.29, 0.717) is 0 Å². The van der Waals surface area contributed by atoms with Gasteiger partial charge in [-0.15, -0.1) is 0 Å². The summed E-state index contributed by atoms with van der Waals surface area (Å²) in [5.74, 6) is 0. The molecule has 14 heavy (non-hydrogen) atoms. The van der Waals surface area contributed by atoms with Gasteiger partial charge in [0.25, 0.3) is 0 Å². The fourth-order valence-corrected chi connectivity index (χ4v) is 1.15. The molecule has 1 aromatic carbocycles. The first-order valence-electron chi connectivity index (χ1n) is 4.82. The number of aryl methyl sites for hydroxylation is 1. The molecule has 1 aromatic rings. The minimum Gasteiger partial charge on any atom is -0.0991 e. The molecule has 0 heteroatoms. The first-order chi connectivity index (χ1) is 6.83. The van der Waals surface area contributed by atoms with Crippen LogP contribution >= 0.6 is 0 Å². The number of rotatable bonds is 4. The van der Waals surface area contributed by atoms with E-state index in [9.17, 15) is 0 Å². The van der Waals surface area contributed by atoms with Gasteiger partial charge in [0.2, 0.25) is 0 Å². The van der Waals surface area contributed by atoms with Gasteiger partial charge in [0.15, 0.2) is 0 Å². The highest BCUT2D eigenvalue weighted by atomic mass is 13.9. The Balaban J connectivity index is 2.45. The van der Waals surface area contributed by atoms with Crippen LogP contribution in [0.1, 0.15) is 11.1 Å². The molecule has 1 rings (SSSR count). The summed E-state index contributed by atoms with van der Waals surface area (Å²) < 4.78 is 0. The molecule has 72 valence electrons. The number of hydrogen-bond donors (Lipinski definition) is 0. The molecule has 0 fully saturated rings. The average Bonchev–Trinajstić information content (AvgIpc) is 2.21. The maximum Gasteiger partial charge on any atom is -0.00943 e. The normalized spacial score (nSPS) is 11.2. The minimum absolute atomic E-state index is 0.988. The lowest BCUT2D eigenvalue weighted by molar-refractivity contribution is 1.26. The zero-order valence-electron chi connectivity index (χ0n) is 8.61. The lowest BCUT2D eigenvalue weighted by Gasteiger charge is -1.96. The van der Waals surface area contributed by atoms with Crippen molar-refractivity contribution in [2.24, 2.45) is 0 Å². The van der Waals surface area contributed by atoms with Crippen molar-refractivity contribution in [3.63, 3.8) is 0 Å². The van der Waals surface area contributed by atoms with E-state index in [0.717, 1.165) is 6.42 Å². The van der Waals surface area contributed by atoms with E-state index in [-0.39, 0.29) is 0 Å². The second kappa shape index (κ2) is 5.98. The maximum absolute atomic E-state index is 3.61. The quantitative estimate of drug-likeness (QED) is 0.624. The Morgan fingerprint density at radius 3 is 2.43 bits per heavy atom. The molecule has 0 N–H and O–H groups in total. The van der Waals surface area contributed by atoms with Crippen LogP contribution in [0.5, 0.6) is 0 Å². The van der Waals surface area contributed by atoms with Crippen LogP contribution in [0.2, 0.25) is 0 Å². The van der Waals surface area contributed by atoms with Crippen LogP contribution in [-0.2, 0) is 6.42 Å². The molecular formula is C14H16. The fraction of sp³-hybridized carbons (Fsp3) is 0.143. The zero-order chi connectivity index (χ0) is 10.2. The molecule has 0 saturated heterocycles. The summed E-state index contributed by atoms with van der Waals surface area (Å²) >= 11 is 0. The molecule has 0 aliphatic rings. The van der Waals surface area contributed by atoms with Gasteiger partial charge in [0.1, 0.15) is 0 Å². The Labute approximate surface area is 86.3 Å². The van der Waals surface area contributed by atoms with E-state index in [2.05, 4.69) is 43.8 Å². The lowest BCUT2D eigenvalue weighted by atomic mass is 10.1. The van der Waals surface area contributed by atoms with Crippen LogP contribution in [0.15, 0.2) is 61.2 Å². The molecule has 0 unspecified atom stereocenters. The summed E-state index contributed by atoms with van der Waals surface area (Å²) in [6, 6.07) is 8.61. The van der Waals surface area contributed by atoms with Crippen LogP contribution in [0.3, 0.4) is 0 Å². The Morgan fingerprint density at radius 1 is 1.07 bits per heavy atom. The summed E-state index contributed by atoms with van der Waals surface area (Å²) in [4.78, 5) is 0. The van der Waals surface area contributed by atoms with Gasteiger partial charge in [0.05, 0.1) is 0 Å². The topological polar surface area (TPSA) is 0 Å². The number of hydrogen-bond acceptors (Lipinski definition) is 0. The van der Waals surface area contributed by atoms with Crippen molar-refractivity contribution in [1.29, 1.82) is 0 Å². The fourth-order valence-electron chi connectivity index (χ4n) is 1.15. The molecule has 0 nitrogen and oxygen atoms in total. The predicted octanol–water partition coefficient (Wildman–Crippen LogP) is 3.84. The van der Waals surface area contributed by atoms with Crippen molar-refractivity contribution in [2.75, 3.05) is 0 Å². The largest absolute Gasteiger partial charge is 0.0991 e. The van der Waals surface area contributed by atoms with Crippen molar-refractivity contribution in [3.8, 4) is 0 Å².